The minimum atomic E-state index is -0.0819. The summed E-state index contributed by atoms with van der Waals surface area (Å²) in [6.07, 6.45) is 1.82. The predicted molar refractivity (Wildman–Crippen MR) is 111 cm³/mol. The number of likely N-dealkylation sites (N-methyl/N-ethyl adjacent to an activating group) is 1. The molecule has 1 heterocycles. The Morgan fingerprint density at radius 3 is 2.52 bits per heavy atom. The topological polar surface area (TPSA) is 48.0 Å². The number of ether oxygens (including phenoxy) is 3. The van der Waals surface area contributed by atoms with Gasteiger partial charge in [0.15, 0.2) is 11.5 Å². The van der Waals surface area contributed by atoms with Crippen LogP contribution in [0.2, 0.25) is 0 Å². The van der Waals surface area contributed by atoms with Crippen LogP contribution in [-0.2, 0) is 4.79 Å². The van der Waals surface area contributed by atoms with Gasteiger partial charge < -0.3 is 14.2 Å². The van der Waals surface area contributed by atoms with E-state index >= 15 is 0 Å². The number of carbonyl (C=O) groups is 1. The molecule has 1 aliphatic heterocycles. The first-order valence-corrected chi connectivity index (χ1v) is 9.51. The molecular formula is C20H19NO4S2. The first kappa shape index (κ1) is 19.3. The molecule has 0 aliphatic carbocycles. The van der Waals surface area contributed by atoms with Gasteiger partial charge in [-0.05, 0) is 35.9 Å². The molecule has 0 atom stereocenters. The molecule has 0 N–H and O–H groups in total. The van der Waals surface area contributed by atoms with Crippen molar-refractivity contribution in [3.63, 3.8) is 0 Å². The summed E-state index contributed by atoms with van der Waals surface area (Å²) in [7, 11) is 3.29. The van der Waals surface area contributed by atoms with Crippen molar-refractivity contribution in [2.24, 2.45) is 0 Å². The predicted octanol–water partition coefficient (Wildman–Crippen LogP) is 3.98. The van der Waals surface area contributed by atoms with Crippen LogP contribution in [0.1, 0.15) is 5.56 Å². The molecule has 0 radical (unpaired) electrons. The summed E-state index contributed by atoms with van der Waals surface area (Å²) in [4.78, 5) is 14.2. The third kappa shape index (κ3) is 4.81. The number of para-hydroxylation sites is 2. The van der Waals surface area contributed by atoms with Gasteiger partial charge in [0, 0.05) is 7.05 Å². The van der Waals surface area contributed by atoms with Crippen LogP contribution >= 0.6 is 24.0 Å². The highest BCUT2D eigenvalue weighted by atomic mass is 32.2. The Morgan fingerprint density at radius 1 is 1.07 bits per heavy atom. The normalized spacial score (nSPS) is 15.3. The van der Waals surface area contributed by atoms with Gasteiger partial charge in [-0.25, -0.2) is 0 Å². The minimum Gasteiger partial charge on any atom is -0.493 e. The molecular weight excluding hydrogens is 382 g/mol. The number of thioether (sulfide) groups is 1. The van der Waals surface area contributed by atoms with Gasteiger partial charge in [-0.1, -0.05) is 48.2 Å². The van der Waals surface area contributed by atoms with Crippen LogP contribution in [0, 0.1) is 0 Å². The van der Waals surface area contributed by atoms with Crippen LogP contribution in [0.3, 0.4) is 0 Å². The second-order valence-electron chi connectivity index (χ2n) is 5.66. The van der Waals surface area contributed by atoms with Gasteiger partial charge in [0.05, 0.1) is 12.0 Å². The van der Waals surface area contributed by atoms with Crippen molar-refractivity contribution in [3.05, 3.63) is 59.0 Å². The number of nitrogens with zero attached hydrogens (tertiary/aromatic N) is 1. The quantitative estimate of drug-likeness (QED) is 0.397. The number of carbonyl (C=O) groups excluding carboxylic acids is 1. The molecule has 7 heteroatoms. The molecule has 3 rings (SSSR count). The lowest BCUT2D eigenvalue weighted by Gasteiger charge is -2.11. The first-order valence-electron chi connectivity index (χ1n) is 8.28. The maximum absolute atomic E-state index is 12.1. The zero-order valence-corrected chi connectivity index (χ0v) is 16.6. The van der Waals surface area contributed by atoms with Gasteiger partial charge in [-0.15, -0.1) is 0 Å². The molecule has 0 spiro atoms. The van der Waals surface area contributed by atoms with Gasteiger partial charge >= 0.3 is 0 Å². The third-order valence-corrected chi connectivity index (χ3v) is 5.31. The molecule has 0 aromatic heterocycles. The summed E-state index contributed by atoms with van der Waals surface area (Å²) in [6, 6.07) is 15.0. The van der Waals surface area contributed by atoms with E-state index in [0.717, 1.165) is 5.56 Å². The molecule has 0 saturated carbocycles. The SMILES string of the molecule is COc1ccccc1OCCOc1cccc(/C=C2\SC(=S)N(C)C2=O)c1. The van der Waals surface area contributed by atoms with E-state index in [1.165, 1.54) is 16.7 Å². The summed E-state index contributed by atoms with van der Waals surface area (Å²) in [5, 5.41) is 0. The van der Waals surface area contributed by atoms with Crippen LogP contribution in [0.4, 0.5) is 0 Å². The Bertz CT molecular complexity index is 882. The van der Waals surface area contributed by atoms with E-state index in [-0.39, 0.29) is 5.91 Å². The fraction of sp³-hybridized carbons (Fsp3) is 0.200. The number of thiocarbonyl (C=S) groups is 1. The van der Waals surface area contributed by atoms with Crippen LogP contribution in [-0.4, -0.2) is 42.5 Å². The lowest BCUT2D eigenvalue weighted by Crippen LogP contribution is -2.22. The number of methoxy groups -OCH3 is 1. The Balaban J connectivity index is 1.57. The van der Waals surface area contributed by atoms with Crippen molar-refractivity contribution in [1.82, 2.24) is 4.90 Å². The molecule has 1 fully saturated rings. The Kier molecular flexibility index (Phi) is 6.36. The van der Waals surface area contributed by atoms with E-state index in [4.69, 9.17) is 26.4 Å². The van der Waals surface area contributed by atoms with Gasteiger partial charge in [0.1, 0.15) is 23.3 Å². The third-order valence-electron chi connectivity index (χ3n) is 3.82. The Hall–Kier alpha value is -2.51. The molecule has 0 bridgehead atoms. The van der Waals surface area contributed by atoms with E-state index < -0.39 is 0 Å². The van der Waals surface area contributed by atoms with Crippen molar-refractivity contribution >= 4 is 40.3 Å². The van der Waals surface area contributed by atoms with Crippen LogP contribution in [0.25, 0.3) is 6.08 Å². The van der Waals surface area contributed by atoms with Crippen LogP contribution < -0.4 is 14.2 Å². The molecule has 1 amide bonds. The molecule has 2 aromatic carbocycles. The number of hydrogen-bond acceptors (Lipinski definition) is 6. The summed E-state index contributed by atoms with van der Waals surface area (Å²) in [5.74, 6) is 1.99. The smallest absolute Gasteiger partial charge is 0.265 e. The summed E-state index contributed by atoms with van der Waals surface area (Å²) >= 11 is 6.45. The fourth-order valence-corrected chi connectivity index (χ4v) is 3.62. The van der Waals surface area contributed by atoms with Crippen LogP contribution in [0.5, 0.6) is 17.2 Å². The largest absolute Gasteiger partial charge is 0.493 e. The number of hydrogen-bond donors (Lipinski definition) is 0. The second kappa shape index (κ2) is 8.92. The first-order chi connectivity index (χ1) is 13.1. The van der Waals surface area contributed by atoms with E-state index in [9.17, 15) is 4.79 Å². The van der Waals surface area contributed by atoms with Crippen molar-refractivity contribution in [2.75, 3.05) is 27.4 Å². The molecule has 2 aromatic rings. The molecule has 5 nitrogen and oxygen atoms in total. The van der Waals surface area contributed by atoms with E-state index in [1.807, 2.05) is 54.6 Å². The number of benzene rings is 2. The highest BCUT2D eigenvalue weighted by Gasteiger charge is 2.28. The van der Waals surface area contributed by atoms with Gasteiger partial charge in [-0.2, -0.15) is 0 Å². The monoisotopic (exact) mass is 401 g/mol. The zero-order chi connectivity index (χ0) is 19.2. The highest BCUT2D eigenvalue weighted by molar-refractivity contribution is 8.26. The average molecular weight is 402 g/mol. The van der Waals surface area contributed by atoms with E-state index in [0.29, 0.717) is 39.7 Å². The van der Waals surface area contributed by atoms with Gasteiger partial charge in [0.25, 0.3) is 5.91 Å². The van der Waals surface area contributed by atoms with Crippen molar-refractivity contribution in [1.29, 1.82) is 0 Å². The molecule has 140 valence electrons. The number of amides is 1. The lowest BCUT2D eigenvalue weighted by atomic mass is 10.2. The Morgan fingerprint density at radius 2 is 1.81 bits per heavy atom. The maximum Gasteiger partial charge on any atom is 0.265 e. The fourth-order valence-electron chi connectivity index (χ4n) is 2.44. The highest BCUT2D eigenvalue weighted by Crippen LogP contribution is 2.31. The minimum absolute atomic E-state index is 0.0819. The molecule has 27 heavy (non-hydrogen) atoms. The lowest BCUT2D eigenvalue weighted by molar-refractivity contribution is -0.121. The van der Waals surface area contributed by atoms with Crippen molar-refractivity contribution in [2.45, 2.75) is 0 Å². The van der Waals surface area contributed by atoms with Gasteiger partial charge in [0.2, 0.25) is 0 Å². The Labute approximate surface area is 167 Å². The van der Waals surface area contributed by atoms with E-state index in [2.05, 4.69) is 0 Å². The summed E-state index contributed by atoms with van der Waals surface area (Å²) in [6.45, 7) is 0.775. The standard InChI is InChI=1S/C20H19NO4S2/c1-21-19(22)18(27-20(21)26)13-14-6-5-7-15(12-14)24-10-11-25-17-9-4-3-8-16(17)23-2/h3-9,12-13H,10-11H2,1-2H3/b18-13-. The summed E-state index contributed by atoms with van der Waals surface area (Å²) in [5.41, 5.74) is 0.882. The molecule has 1 saturated heterocycles. The van der Waals surface area contributed by atoms with Crippen LogP contribution in [0.15, 0.2) is 53.4 Å². The zero-order valence-electron chi connectivity index (χ0n) is 15.0. The number of rotatable bonds is 7. The van der Waals surface area contributed by atoms with E-state index in [1.54, 1.807) is 14.2 Å². The van der Waals surface area contributed by atoms with Crippen molar-refractivity contribution in [3.8, 4) is 17.2 Å². The average Bonchev–Trinajstić information content (AvgIpc) is 2.92. The maximum atomic E-state index is 12.1. The molecule has 0 unspecified atom stereocenters. The second-order valence-corrected chi connectivity index (χ2v) is 7.34. The molecule has 1 aliphatic rings. The van der Waals surface area contributed by atoms with Gasteiger partial charge in [-0.3, -0.25) is 9.69 Å². The van der Waals surface area contributed by atoms with Crippen molar-refractivity contribution < 1.29 is 19.0 Å². The summed E-state index contributed by atoms with van der Waals surface area (Å²) < 4.78 is 17.3.